The van der Waals surface area contributed by atoms with Gasteiger partial charge in [-0.2, -0.15) is 92.2 Å². The van der Waals surface area contributed by atoms with Crippen molar-refractivity contribution in [3.8, 4) is 0 Å². The van der Waals surface area contributed by atoms with E-state index in [1.165, 1.54) is 0 Å². The average molecular weight is 652 g/mol. The summed E-state index contributed by atoms with van der Waals surface area (Å²) < 4.78 is 318. The minimum Gasteiger partial charge on any atom is -0.743 e. The van der Waals surface area contributed by atoms with E-state index in [0.717, 1.165) is 0 Å². The molecule has 0 saturated heterocycles. The monoisotopic (exact) mass is 652 g/mol. The van der Waals surface area contributed by atoms with Gasteiger partial charge in [0.15, 0.2) is 16.3 Å². The second-order valence-corrected chi connectivity index (χ2v) is 8.32. The molecule has 0 rings (SSSR count). The molecule has 3 nitrogen and oxygen atoms in total. The summed E-state index contributed by atoms with van der Waals surface area (Å²) in [4.78, 5) is 0. The van der Waals surface area contributed by atoms with Gasteiger partial charge in [-0.3, -0.25) is 0 Å². The second-order valence-electron chi connectivity index (χ2n) is 6.90. The fourth-order valence-electron chi connectivity index (χ4n) is 2.06. The van der Waals surface area contributed by atoms with Crippen molar-refractivity contribution in [2.24, 2.45) is 0 Å². The fourth-order valence-corrected chi connectivity index (χ4v) is 2.51. The van der Waals surface area contributed by atoms with Crippen molar-refractivity contribution in [2.45, 2.75) is 71.4 Å². The summed E-state index contributed by atoms with van der Waals surface area (Å²) >= 11 is 0. The minimum atomic E-state index is -9.38. The van der Waals surface area contributed by atoms with Gasteiger partial charge in [-0.15, -0.1) is 0 Å². The summed E-state index contributed by atoms with van der Waals surface area (Å²) in [5.74, 6) is -71.7. The number of halogens is 22. The standard InChI is InChI=1S/C12H4F22O3S.Li/c13-2(1-3(14,15)16)4(17,18)5(19,20)6(21,22)7(23,24)8(25,26)9(27,28)10(29,30)11(31,32)12(33,34)38(35,36)37;/h2H,1H2,(H,35,36,37);/q;+1/p-1. The number of rotatable bonds is 11. The van der Waals surface area contributed by atoms with Crippen molar-refractivity contribution >= 4 is 10.1 Å². The molecular weight excluding hydrogens is 649 g/mol. The van der Waals surface area contributed by atoms with Crippen LogP contribution in [0.4, 0.5) is 96.6 Å². The van der Waals surface area contributed by atoms with E-state index in [-0.39, 0.29) is 18.9 Å². The van der Waals surface area contributed by atoms with Gasteiger partial charge < -0.3 is 4.55 Å². The van der Waals surface area contributed by atoms with Gasteiger partial charge in [0.2, 0.25) is 0 Å². The SMILES string of the molecule is O=S(=O)([O-])C(F)(F)C(F)(F)C(F)(F)C(F)(F)C(F)(F)C(F)(F)C(F)(F)C(F)(F)C(F)(F)C(F)CC(F)(F)F.[Li+]. The minimum absolute atomic E-state index is 0. The van der Waals surface area contributed by atoms with Crippen LogP contribution in [0.2, 0.25) is 0 Å². The van der Waals surface area contributed by atoms with E-state index in [1.807, 2.05) is 0 Å². The molecule has 0 fully saturated rings. The molecule has 0 aromatic carbocycles. The summed E-state index contributed by atoms with van der Waals surface area (Å²) in [7, 11) is -8.36. The van der Waals surface area contributed by atoms with Crippen molar-refractivity contribution in [1.82, 2.24) is 0 Å². The molecule has 0 saturated carbocycles. The Morgan fingerprint density at radius 3 is 0.949 bits per heavy atom. The van der Waals surface area contributed by atoms with Crippen LogP contribution in [0.1, 0.15) is 6.42 Å². The Labute approximate surface area is 210 Å². The van der Waals surface area contributed by atoms with Gasteiger partial charge in [0.1, 0.15) is 0 Å². The second kappa shape index (κ2) is 10.1. The fraction of sp³-hybridized carbons (Fsp3) is 1.00. The molecule has 0 spiro atoms. The van der Waals surface area contributed by atoms with Gasteiger partial charge in [0, 0.05) is 0 Å². The van der Waals surface area contributed by atoms with E-state index in [0.29, 0.717) is 0 Å². The summed E-state index contributed by atoms with van der Waals surface area (Å²) in [6, 6.07) is 0. The molecule has 0 heterocycles. The van der Waals surface area contributed by atoms with Gasteiger partial charge in [-0.1, -0.05) is 0 Å². The molecule has 27 heteroatoms. The van der Waals surface area contributed by atoms with E-state index >= 15 is 0 Å². The third kappa shape index (κ3) is 5.46. The molecule has 0 aromatic heterocycles. The maximum Gasteiger partial charge on any atom is 1.00 e. The van der Waals surface area contributed by atoms with Crippen LogP contribution >= 0.6 is 0 Å². The molecule has 1 unspecified atom stereocenters. The first-order valence-electron chi connectivity index (χ1n) is 7.94. The first-order valence-corrected chi connectivity index (χ1v) is 9.35. The largest absolute Gasteiger partial charge is 1.00 e. The number of hydrogen-bond donors (Lipinski definition) is 0. The van der Waals surface area contributed by atoms with Crippen LogP contribution in [0.5, 0.6) is 0 Å². The quantitative estimate of drug-likeness (QED) is 0.195. The summed E-state index contributed by atoms with van der Waals surface area (Å²) in [5, 5.41) is -8.18. The molecule has 0 amide bonds. The van der Waals surface area contributed by atoms with E-state index in [1.54, 1.807) is 0 Å². The molecule has 1 atom stereocenters. The zero-order valence-electron chi connectivity index (χ0n) is 17.2. The van der Waals surface area contributed by atoms with Crippen LogP contribution < -0.4 is 18.9 Å². The first-order chi connectivity index (χ1) is 15.9. The van der Waals surface area contributed by atoms with Crippen LogP contribution in [0.15, 0.2) is 0 Å². The summed E-state index contributed by atoms with van der Waals surface area (Å²) in [5.41, 5.74) is 0. The Kier molecular flexibility index (Phi) is 10.3. The van der Waals surface area contributed by atoms with Gasteiger partial charge in [-0.25, -0.2) is 12.8 Å². The zero-order valence-corrected chi connectivity index (χ0v) is 18.0. The molecule has 0 aromatic rings. The summed E-state index contributed by atoms with van der Waals surface area (Å²) in [6.07, 6.45) is -16.1. The van der Waals surface area contributed by atoms with E-state index in [4.69, 9.17) is 0 Å². The van der Waals surface area contributed by atoms with Crippen molar-refractivity contribution in [1.29, 1.82) is 0 Å². The Morgan fingerprint density at radius 2 is 0.718 bits per heavy atom. The molecule has 0 bridgehead atoms. The predicted molar refractivity (Wildman–Crippen MR) is 69.8 cm³/mol. The van der Waals surface area contributed by atoms with Crippen molar-refractivity contribution in [3.63, 3.8) is 0 Å². The van der Waals surface area contributed by atoms with Crippen LogP contribution in [0.25, 0.3) is 0 Å². The molecule has 0 aliphatic heterocycles. The van der Waals surface area contributed by atoms with Crippen LogP contribution in [-0.4, -0.2) is 78.0 Å². The normalized spacial score (nSPS) is 17.1. The number of hydrogen-bond acceptors (Lipinski definition) is 3. The van der Waals surface area contributed by atoms with E-state index in [9.17, 15) is 110 Å². The average Bonchev–Trinajstić information content (AvgIpc) is 2.64. The molecule has 230 valence electrons. The van der Waals surface area contributed by atoms with Crippen LogP contribution in [0, 0.1) is 0 Å². The molecule has 0 aliphatic carbocycles. The zero-order chi connectivity index (χ0) is 31.8. The molecular formula is C12H3F22LiO3S. The Morgan fingerprint density at radius 1 is 0.487 bits per heavy atom. The van der Waals surface area contributed by atoms with Gasteiger partial charge >= 0.3 is 77.7 Å². The topological polar surface area (TPSA) is 57.2 Å². The predicted octanol–water partition coefficient (Wildman–Crippen LogP) is 3.50. The van der Waals surface area contributed by atoms with Gasteiger partial charge in [0.05, 0.1) is 6.42 Å². The molecule has 0 radical (unpaired) electrons. The van der Waals surface area contributed by atoms with Crippen molar-refractivity contribution in [3.05, 3.63) is 0 Å². The maximum atomic E-state index is 13.5. The Hall–Kier alpha value is -1.03. The molecule has 0 aliphatic rings. The summed E-state index contributed by atoms with van der Waals surface area (Å²) in [6.45, 7) is 0. The molecule has 0 N–H and O–H groups in total. The van der Waals surface area contributed by atoms with Gasteiger partial charge in [0.25, 0.3) is 0 Å². The number of alkyl halides is 22. The van der Waals surface area contributed by atoms with Crippen molar-refractivity contribution in [2.75, 3.05) is 0 Å². The van der Waals surface area contributed by atoms with Crippen LogP contribution in [-0.2, 0) is 10.1 Å². The van der Waals surface area contributed by atoms with Crippen LogP contribution in [0.3, 0.4) is 0 Å². The van der Waals surface area contributed by atoms with Gasteiger partial charge in [-0.05, 0) is 0 Å². The maximum absolute atomic E-state index is 13.5. The third-order valence-electron chi connectivity index (χ3n) is 4.27. The Bertz CT molecular complexity index is 985. The molecule has 39 heavy (non-hydrogen) atoms. The smallest absolute Gasteiger partial charge is 0.743 e. The van der Waals surface area contributed by atoms with E-state index < -0.39 is 81.5 Å². The van der Waals surface area contributed by atoms with Crippen molar-refractivity contribution < 1.29 is 128 Å². The Balaban J connectivity index is 0. The van der Waals surface area contributed by atoms with E-state index in [2.05, 4.69) is 0 Å². The third-order valence-corrected chi connectivity index (χ3v) is 5.15. The first kappa shape index (κ1) is 40.1.